The fourth-order valence-electron chi connectivity index (χ4n) is 0.314. The van der Waals surface area contributed by atoms with E-state index in [2.05, 4.69) is 5.32 Å². The Labute approximate surface area is 53.6 Å². The Morgan fingerprint density at radius 3 is 2.56 bits per heavy atom. The lowest BCUT2D eigenvalue weighted by Gasteiger charge is -2.05. The van der Waals surface area contributed by atoms with Gasteiger partial charge in [0.2, 0.25) is 12.3 Å². The molecule has 0 aliphatic rings. The van der Waals surface area contributed by atoms with Crippen molar-refractivity contribution in [2.75, 3.05) is 7.05 Å². The number of carbonyl (C=O) groups excluding carboxylic acids is 2. The predicted octanol–water partition coefficient (Wildman–Crippen LogP) is -1.13. The van der Waals surface area contributed by atoms with Crippen molar-refractivity contribution >= 4 is 12.3 Å². The van der Waals surface area contributed by atoms with Gasteiger partial charge in [-0.2, -0.15) is 0 Å². The molecule has 0 aromatic heterocycles. The highest BCUT2D eigenvalue weighted by Crippen LogP contribution is 1.75. The molecule has 0 bridgehead atoms. The summed E-state index contributed by atoms with van der Waals surface area (Å²) in [5, 5.41) is 4.69. The van der Waals surface area contributed by atoms with Crippen LogP contribution in [0.4, 0.5) is 0 Å². The van der Waals surface area contributed by atoms with Gasteiger partial charge in [-0.3, -0.25) is 14.9 Å². The van der Waals surface area contributed by atoms with Gasteiger partial charge in [-0.15, -0.1) is 0 Å². The average Bonchev–Trinajstić information content (AvgIpc) is 1.87. The fourth-order valence-corrected chi connectivity index (χ4v) is 0.314. The van der Waals surface area contributed by atoms with Crippen molar-refractivity contribution < 1.29 is 9.59 Å². The summed E-state index contributed by atoms with van der Waals surface area (Å²) < 4.78 is 0. The van der Waals surface area contributed by atoms with Gasteiger partial charge in [0.1, 0.15) is 0 Å². The fraction of sp³-hybridized carbons (Fsp3) is 0.600. The first-order valence-corrected chi connectivity index (χ1v) is 2.63. The van der Waals surface area contributed by atoms with E-state index >= 15 is 0 Å². The molecular weight excluding hydrogens is 120 g/mol. The molecule has 4 nitrogen and oxygen atoms in total. The van der Waals surface area contributed by atoms with Crippen molar-refractivity contribution in [3.8, 4) is 0 Å². The smallest absolute Gasteiger partial charge is 0.243 e. The third-order valence-electron chi connectivity index (χ3n) is 1.03. The Hall–Kier alpha value is -0.900. The zero-order chi connectivity index (χ0) is 7.28. The number of carbonyl (C=O) groups is 2. The van der Waals surface area contributed by atoms with Crippen LogP contribution >= 0.6 is 0 Å². The lowest BCUT2D eigenvalue weighted by molar-refractivity contribution is -0.126. The van der Waals surface area contributed by atoms with E-state index in [4.69, 9.17) is 0 Å². The zero-order valence-electron chi connectivity index (χ0n) is 5.47. The first-order chi connectivity index (χ1) is 4.22. The minimum atomic E-state index is -0.312. The molecule has 0 rings (SSSR count). The maximum Gasteiger partial charge on any atom is 0.243 e. The predicted molar refractivity (Wildman–Crippen MR) is 32.7 cm³/mol. The van der Waals surface area contributed by atoms with Gasteiger partial charge in [-0.25, -0.2) is 0 Å². The molecule has 0 saturated heterocycles. The molecule has 0 aliphatic heterocycles. The molecule has 1 atom stereocenters. The Bertz CT molecular complexity index is 114. The van der Waals surface area contributed by atoms with Crippen molar-refractivity contribution in [1.82, 2.24) is 10.6 Å². The lowest BCUT2D eigenvalue weighted by Crippen LogP contribution is -2.39. The Balaban J connectivity index is 3.58. The first-order valence-electron chi connectivity index (χ1n) is 2.63. The molecule has 2 N–H and O–H groups in total. The largest absolute Gasteiger partial charge is 0.309 e. The zero-order valence-corrected chi connectivity index (χ0v) is 5.47. The number of nitrogens with one attached hydrogen (secondary N) is 2. The topological polar surface area (TPSA) is 58.2 Å². The number of rotatable bonds is 3. The summed E-state index contributed by atoms with van der Waals surface area (Å²) in [5.74, 6) is -0.312. The van der Waals surface area contributed by atoms with Crippen LogP contribution in [-0.4, -0.2) is 25.4 Å². The number of likely N-dealkylation sites (N-methyl/N-ethyl adjacent to an activating group) is 1. The molecule has 0 heterocycles. The van der Waals surface area contributed by atoms with Gasteiger partial charge >= 0.3 is 0 Å². The van der Waals surface area contributed by atoms with E-state index in [1.807, 2.05) is 5.32 Å². The molecule has 9 heavy (non-hydrogen) atoms. The molecular formula is C5H10N2O2. The summed E-state index contributed by atoms with van der Waals surface area (Å²) >= 11 is 0. The van der Waals surface area contributed by atoms with Crippen molar-refractivity contribution in [2.45, 2.75) is 13.0 Å². The number of hydrogen-bond donors (Lipinski definition) is 2. The van der Waals surface area contributed by atoms with Crippen molar-refractivity contribution in [3.63, 3.8) is 0 Å². The Morgan fingerprint density at radius 1 is 1.67 bits per heavy atom. The second kappa shape index (κ2) is 4.03. The maximum absolute atomic E-state index is 10.6. The maximum atomic E-state index is 10.6. The van der Waals surface area contributed by atoms with Crippen LogP contribution in [0, 0.1) is 0 Å². The van der Waals surface area contributed by atoms with Gasteiger partial charge in [0.05, 0.1) is 6.04 Å². The van der Waals surface area contributed by atoms with E-state index in [-0.39, 0.29) is 11.9 Å². The Kier molecular flexibility index (Phi) is 3.62. The van der Waals surface area contributed by atoms with Gasteiger partial charge < -0.3 is 5.32 Å². The van der Waals surface area contributed by atoms with Crippen molar-refractivity contribution in [3.05, 3.63) is 0 Å². The van der Waals surface area contributed by atoms with Crippen LogP contribution in [0.5, 0.6) is 0 Å². The molecule has 0 radical (unpaired) electrons. The molecule has 4 heteroatoms. The number of amides is 2. The number of hydrogen-bond acceptors (Lipinski definition) is 3. The minimum absolute atomic E-state index is 0.310. The number of imide groups is 1. The highest BCUT2D eigenvalue weighted by Gasteiger charge is 2.06. The summed E-state index contributed by atoms with van der Waals surface area (Å²) in [5.41, 5.74) is 0. The van der Waals surface area contributed by atoms with Crippen LogP contribution in [0.3, 0.4) is 0 Å². The first kappa shape index (κ1) is 8.10. The van der Waals surface area contributed by atoms with Gasteiger partial charge in [-0.1, -0.05) is 0 Å². The van der Waals surface area contributed by atoms with E-state index in [0.717, 1.165) is 0 Å². The third kappa shape index (κ3) is 2.81. The van der Waals surface area contributed by atoms with Gasteiger partial charge in [0.15, 0.2) is 0 Å². The summed E-state index contributed by atoms with van der Waals surface area (Å²) in [4.78, 5) is 20.2. The molecule has 0 aliphatic carbocycles. The van der Waals surface area contributed by atoms with Crippen LogP contribution in [0.1, 0.15) is 6.92 Å². The second-order valence-corrected chi connectivity index (χ2v) is 1.64. The molecule has 0 spiro atoms. The minimum Gasteiger partial charge on any atom is -0.309 e. The molecule has 0 fully saturated rings. The highest BCUT2D eigenvalue weighted by molar-refractivity contribution is 5.89. The lowest BCUT2D eigenvalue weighted by atomic mass is 10.3. The van der Waals surface area contributed by atoms with Crippen molar-refractivity contribution in [2.24, 2.45) is 0 Å². The van der Waals surface area contributed by atoms with Crippen LogP contribution in [0.2, 0.25) is 0 Å². The summed E-state index contributed by atoms with van der Waals surface area (Å²) in [6.07, 6.45) is 0.371. The summed E-state index contributed by atoms with van der Waals surface area (Å²) in [7, 11) is 1.65. The van der Waals surface area contributed by atoms with Crippen LogP contribution in [0.25, 0.3) is 0 Å². The van der Waals surface area contributed by atoms with Crippen LogP contribution < -0.4 is 10.6 Å². The summed E-state index contributed by atoms with van der Waals surface area (Å²) in [6.45, 7) is 1.67. The molecule has 52 valence electrons. The molecule has 0 saturated carbocycles. The van der Waals surface area contributed by atoms with Gasteiger partial charge in [0, 0.05) is 0 Å². The van der Waals surface area contributed by atoms with Crippen molar-refractivity contribution in [1.29, 1.82) is 0 Å². The average molecular weight is 130 g/mol. The highest BCUT2D eigenvalue weighted by atomic mass is 16.2. The van der Waals surface area contributed by atoms with E-state index in [1.54, 1.807) is 14.0 Å². The van der Waals surface area contributed by atoms with Gasteiger partial charge in [0.25, 0.3) is 0 Å². The third-order valence-corrected chi connectivity index (χ3v) is 1.03. The SMILES string of the molecule is CNC(C)C(=O)NC=O. The Morgan fingerprint density at radius 2 is 2.22 bits per heavy atom. The quantitative estimate of drug-likeness (QED) is 0.475. The molecule has 0 aromatic carbocycles. The van der Waals surface area contributed by atoms with E-state index in [0.29, 0.717) is 6.41 Å². The molecule has 2 amide bonds. The normalized spacial score (nSPS) is 12.2. The van der Waals surface area contributed by atoms with E-state index in [1.165, 1.54) is 0 Å². The second-order valence-electron chi connectivity index (χ2n) is 1.64. The standard InChI is InChI=1S/C5H10N2O2/c1-4(6-2)5(9)7-3-8/h3-4,6H,1-2H3,(H,7,8,9). The summed E-state index contributed by atoms with van der Waals surface area (Å²) in [6, 6.07) is -0.310. The molecule has 1 unspecified atom stereocenters. The monoisotopic (exact) mass is 130 g/mol. The van der Waals surface area contributed by atoms with Crippen LogP contribution in [-0.2, 0) is 9.59 Å². The van der Waals surface area contributed by atoms with Gasteiger partial charge in [-0.05, 0) is 14.0 Å². The van der Waals surface area contributed by atoms with Crippen LogP contribution in [0.15, 0.2) is 0 Å². The van der Waals surface area contributed by atoms with E-state index < -0.39 is 0 Å². The van der Waals surface area contributed by atoms with E-state index in [9.17, 15) is 9.59 Å². The molecule has 0 aromatic rings.